The van der Waals surface area contributed by atoms with Gasteiger partial charge in [0.15, 0.2) is 0 Å². The maximum absolute atomic E-state index is 5.59. The Balaban J connectivity index is 0.00000121. The first-order valence-electron chi connectivity index (χ1n) is 3.53. The lowest BCUT2D eigenvalue weighted by Crippen LogP contribution is -2.12. The summed E-state index contributed by atoms with van der Waals surface area (Å²) in [6, 6.07) is 7.98. The zero-order valence-electron chi connectivity index (χ0n) is 7.24. The molecule has 1 aromatic carbocycles. The lowest BCUT2D eigenvalue weighted by Gasteiger charge is -1.98. The number of rotatable bonds is 1. The predicted octanol–water partition coefficient (Wildman–Crippen LogP) is 1.75. The molecule has 0 aliphatic heterocycles. The molecule has 2 N–H and O–H groups in total. The van der Waals surface area contributed by atoms with Crippen LogP contribution in [0.3, 0.4) is 0 Å². The van der Waals surface area contributed by atoms with Gasteiger partial charge in [0, 0.05) is 12.6 Å². The molecule has 0 radical (unpaired) electrons. The predicted molar refractivity (Wildman–Crippen MR) is 55.1 cm³/mol. The largest absolute Gasteiger partial charge is 0.384 e. The van der Waals surface area contributed by atoms with E-state index in [1.165, 1.54) is 5.56 Å². The van der Waals surface area contributed by atoms with Crippen molar-refractivity contribution in [3.05, 3.63) is 35.4 Å². The molecule has 66 valence electrons. The van der Waals surface area contributed by atoms with Gasteiger partial charge in [0.2, 0.25) is 0 Å². The van der Waals surface area contributed by atoms with Crippen LogP contribution in [0.15, 0.2) is 29.3 Å². The molecule has 1 rings (SSSR count). The maximum atomic E-state index is 5.59. The van der Waals surface area contributed by atoms with E-state index in [9.17, 15) is 0 Å². The molecular weight excluding hydrogens is 172 g/mol. The van der Waals surface area contributed by atoms with Crippen LogP contribution in [0, 0.1) is 6.92 Å². The number of amidine groups is 1. The van der Waals surface area contributed by atoms with Crippen molar-refractivity contribution in [3.63, 3.8) is 0 Å². The topological polar surface area (TPSA) is 38.4 Å². The highest BCUT2D eigenvalue weighted by molar-refractivity contribution is 5.97. The van der Waals surface area contributed by atoms with Gasteiger partial charge in [-0.25, -0.2) is 0 Å². The first-order chi connectivity index (χ1) is 5.24. The lowest BCUT2D eigenvalue weighted by molar-refractivity contribution is 1.38. The maximum Gasteiger partial charge on any atom is 0.125 e. The molecule has 0 aliphatic carbocycles. The van der Waals surface area contributed by atoms with Crippen LogP contribution in [-0.2, 0) is 0 Å². The van der Waals surface area contributed by atoms with Crippen LogP contribution in [0.25, 0.3) is 0 Å². The number of aryl methyl sites for hydroxylation is 1. The molecule has 0 saturated heterocycles. The summed E-state index contributed by atoms with van der Waals surface area (Å²) in [7, 11) is 1.69. The minimum absolute atomic E-state index is 0. The van der Waals surface area contributed by atoms with E-state index in [0.717, 1.165) is 5.56 Å². The van der Waals surface area contributed by atoms with Crippen LogP contribution >= 0.6 is 12.4 Å². The third-order valence-electron chi connectivity index (χ3n) is 1.59. The summed E-state index contributed by atoms with van der Waals surface area (Å²) >= 11 is 0. The van der Waals surface area contributed by atoms with E-state index in [2.05, 4.69) is 4.99 Å². The SMILES string of the molecule is CN=C(N)c1ccc(C)cc1.Cl. The van der Waals surface area contributed by atoms with Crippen molar-refractivity contribution in [1.29, 1.82) is 0 Å². The van der Waals surface area contributed by atoms with Crippen LogP contribution in [0.5, 0.6) is 0 Å². The van der Waals surface area contributed by atoms with Gasteiger partial charge >= 0.3 is 0 Å². The summed E-state index contributed by atoms with van der Waals surface area (Å²) in [6.07, 6.45) is 0. The Morgan fingerprint density at radius 3 is 2.17 bits per heavy atom. The van der Waals surface area contributed by atoms with Gasteiger partial charge in [-0.15, -0.1) is 12.4 Å². The Kier molecular flexibility index (Phi) is 4.37. The van der Waals surface area contributed by atoms with Crippen LogP contribution < -0.4 is 5.73 Å². The summed E-state index contributed by atoms with van der Waals surface area (Å²) in [5.41, 5.74) is 7.81. The monoisotopic (exact) mass is 184 g/mol. The lowest BCUT2D eigenvalue weighted by atomic mass is 10.1. The minimum Gasteiger partial charge on any atom is -0.384 e. The molecule has 3 heteroatoms. The molecule has 12 heavy (non-hydrogen) atoms. The molecule has 0 heterocycles. The first-order valence-corrected chi connectivity index (χ1v) is 3.53. The van der Waals surface area contributed by atoms with Gasteiger partial charge in [-0.2, -0.15) is 0 Å². The van der Waals surface area contributed by atoms with E-state index in [1.807, 2.05) is 31.2 Å². The molecule has 0 atom stereocenters. The Labute approximate surface area is 78.9 Å². The molecule has 0 aliphatic rings. The second kappa shape index (κ2) is 4.78. The number of nitrogens with zero attached hydrogens (tertiary/aromatic N) is 1. The molecule has 0 aromatic heterocycles. The van der Waals surface area contributed by atoms with Crippen molar-refractivity contribution in [2.75, 3.05) is 7.05 Å². The highest BCUT2D eigenvalue weighted by atomic mass is 35.5. The Hall–Kier alpha value is -1.02. The second-order valence-electron chi connectivity index (χ2n) is 2.47. The summed E-state index contributed by atoms with van der Waals surface area (Å²) < 4.78 is 0. The van der Waals surface area contributed by atoms with E-state index < -0.39 is 0 Å². The first kappa shape index (κ1) is 11.0. The van der Waals surface area contributed by atoms with Crippen molar-refractivity contribution in [1.82, 2.24) is 0 Å². The van der Waals surface area contributed by atoms with Gasteiger partial charge in [0.05, 0.1) is 0 Å². The third-order valence-corrected chi connectivity index (χ3v) is 1.59. The van der Waals surface area contributed by atoms with Crippen LogP contribution in [0.1, 0.15) is 11.1 Å². The summed E-state index contributed by atoms with van der Waals surface area (Å²) in [5, 5.41) is 0. The van der Waals surface area contributed by atoms with Gasteiger partial charge < -0.3 is 5.73 Å². The van der Waals surface area contributed by atoms with Crippen LogP contribution in [-0.4, -0.2) is 12.9 Å². The Bertz CT molecular complexity index is 264. The minimum atomic E-state index is 0. The normalized spacial score (nSPS) is 10.7. The summed E-state index contributed by atoms with van der Waals surface area (Å²) in [5.74, 6) is 0.588. The van der Waals surface area contributed by atoms with E-state index in [0.29, 0.717) is 5.84 Å². The number of hydrogen-bond donors (Lipinski definition) is 1. The van der Waals surface area contributed by atoms with Crippen LogP contribution in [0.2, 0.25) is 0 Å². The van der Waals surface area contributed by atoms with Crippen molar-refractivity contribution in [2.24, 2.45) is 10.7 Å². The highest BCUT2D eigenvalue weighted by Crippen LogP contribution is 2.01. The fourth-order valence-corrected chi connectivity index (χ4v) is 0.853. The van der Waals surface area contributed by atoms with Gasteiger partial charge in [0.1, 0.15) is 5.84 Å². The van der Waals surface area contributed by atoms with Gasteiger partial charge in [-0.3, -0.25) is 4.99 Å². The zero-order valence-corrected chi connectivity index (χ0v) is 8.06. The zero-order chi connectivity index (χ0) is 8.27. The number of hydrogen-bond acceptors (Lipinski definition) is 1. The van der Waals surface area contributed by atoms with Crippen molar-refractivity contribution in [3.8, 4) is 0 Å². The van der Waals surface area contributed by atoms with Crippen molar-refractivity contribution in [2.45, 2.75) is 6.92 Å². The summed E-state index contributed by atoms with van der Waals surface area (Å²) in [4.78, 5) is 3.88. The van der Waals surface area contributed by atoms with Gasteiger partial charge in [-0.1, -0.05) is 29.8 Å². The number of aliphatic imine (C=N–C) groups is 1. The molecule has 0 amide bonds. The Morgan fingerprint density at radius 1 is 1.25 bits per heavy atom. The number of benzene rings is 1. The molecular formula is C9H13ClN2. The molecule has 0 fully saturated rings. The van der Waals surface area contributed by atoms with E-state index in [1.54, 1.807) is 7.05 Å². The molecule has 0 saturated carbocycles. The van der Waals surface area contributed by atoms with E-state index in [-0.39, 0.29) is 12.4 Å². The van der Waals surface area contributed by atoms with Gasteiger partial charge in [-0.05, 0) is 6.92 Å². The van der Waals surface area contributed by atoms with E-state index in [4.69, 9.17) is 5.73 Å². The molecule has 0 unspecified atom stereocenters. The van der Waals surface area contributed by atoms with Gasteiger partial charge in [0.25, 0.3) is 0 Å². The average Bonchev–Trinajstić information content (AvgIpc) is 2.05. The van der Waals surface area contributed by atoms with Crippen molar-refractivity contribution >= 4 is 18.2 Å². The quantitative estimate of drug-likeness (QED) is 0.524. The summed E-state index contributed by atoms with van der Waals surface area (Å²) in [6.45, 7) is 2.04. The number of halogens is 1. The fourth-order valence-electron chi connectivity index (χ4n) is 0.853. The number of nitrogens with two attached hydrogens (primary N) is 1. The highest BCUT2D eigenvalue weighted by Gasteiger charge is 1.93. The molecule has 2 nitrogen and oxygen atoms in total. The smallest absolute Gasteiger partial charge is 0.125 e. The standard InChI is InChI=1S/C9H12N2.ClH/c1-7-3-5-8(6-4-7)9(10)11-2;/h3-6H,1-2H3,(H2,10,11);1H. The average molecular weight is 185 g/mol. The van der Waals surface area contributed by atoms with Crippen LogP contribution in [0.4, 0.5) is 0 Å². The van der Waals surface area contributed by atoms with E-state index >= 15 is 0 Å². The molecule has 0 spiro atoms. The fraction of sp³-hybridized carbons (Fsp3) is 0.222. The second-order valence-corrected chi connectivity index (χ2v) is 2.47. The van der Waals surface area contributed by atoms with Crippen molar-refractivity contribution < 1.29 is 0 Å². The third kappa shape index (κ3) is 2.55. The molecule has 1 aromatic rings. The molecule has 0 bridgehead atoms. The Morgan fingerprint density at radius 2 is 1.75 bits per heavy atom.